The van der Waals surface area contributed by atoms with Gasteiger partial charge in [0.15, 0.2) is 11.6 Å². The summed E-state index contributed by atoms with van der Waals surface area (Å²) in [6.45, 7) is 4.61. The zero-order chi connectivity index (χ0) is 19.0. The van der Waals surface area contributed by atoms with Gasteiger partial charge in [0.05, 0.1) is 12.0 Å². The number of hydrogen-bond acceptors (Lipinski definition) is 7. The second-order valence-corrected chi connectivity index (χ2v) is 7.50. The molecule has 1 aliphatic rings. The van der Waals surface area contributed by atoms with Gasteiger partial charge in [-0.15, -0.1) is 11.3 Å². The number of benzene rings is 1. The van der Waals surface area contributed by atoms with Crippen LogP contribution in [0.2, 0.25) is 0 Å². The minimum absolute atomic E-state index is 0.0996. The molecule has 1 fully saturated rings. The molecule has 0 unspecified atom stereocenters. The zero-order valence-electron chi connectivity index (χ0n) is 15.3. The van der Waals surface area contributed by atoms with E-state index in [2.05, 4.69) is 27.0 Å². The summed E-state index contributed by atoms with van der Waals surface area (Å²) in [4.78, 5) is 26.2. The van der Waals surface area contributed by atoms with Crippen LogP contribution in [0.3, 0.4) is 0 Å². The predicted octanol–water partition coefficient (Wildman–Crippen LogP) is 2.55. The Bertz CT molecular complexity index is 995. The molecule has 3 aromatic rings. The third kappa shape index (κ3) is 3.06. The van der Waals surface area contributed by atoms with E-state index >= 15 is 0 Å². The molecular weight excluding hydrogens is 362 g/mol. The molecule has 4 rings (SSSR count). The number of carbonyl (C=O) groups excluding carboxylic acids is 1. The second-order valence-electron chi connectivity index (χ2n) is 6.45. The third-order valence-corrected chi connectivity index (χ3v) is 6.18. The molecule has 140 valence electrons. The molecule has 0 radical (unpaired) electrons. The lowest BCUT2D eigenvalue weighted by Gasteiger charge is -2.35. The van der Waals surface area contributed by atoms with Crippen molar-refractivity contribution < 1.29 is 9.53 Å². The van der Waals surface area contributed by atoms with Crippen molar-refractivity contribution in [3.8, 4) is 5.75 Å². The summed E-state index contributed by atoms with van der Waals surface area (Å²) < 4.78 is 6.50. The number of methoxy groups -OCH3 is 1. The van der Waals surface area contributed by atoms with Gasteiger partial charge in [-0.25, -0.2) is 9.97 Å². The van der Waals surface area contributed by atoms with Gasteiger partial charge in [0, 0.05) is 30.9 Å². The average molecular weight is 383 g/mol. The molecular formula is C19H21N5O2S. The van der Waals surface area contributed by atoms with E-state index in [-0.39, 0.29) is 5.91 Å². The summed E-state index contributed by atoms with van der Waals surface area (Å²) in [5.74, 6) is 1.58. The van der Waals surface area contributed by atoms with Crippen LogP contribution in [0, 0.1) is 6.92 Å². The molecule has 0 aliphatic carbocycles. The number of piperazine rings is 1. The van der Waals surface area contributed by atoms with Gasteiger partial charge in [0.1, 0.15) is 6.33 Å². The van der Waals surface area contributed by atoms with Gasteiger partial charge in [-0.3, -0.25) is 4.79 Å². The Morgan fingerprint density at radius 1 is 1.19 bits per heavy atom. The lowest BCUT2D eigenvalue weighted by atomic mass is 10.1. The minimum atomic E-state index is 0.0996. The highest BCUT2D eigenvalue weighted by Crippen LogP contribution is 2.33. The number of aryl methyl sites for hydroxylation is 1. The number of thiophene rings is 1. The normalized spacial score (nSPS) is 14.6. The van der Waals surface area contributed by atoms with Crippen LogP contribution in [0.1, 0.15) is 15.2 Å². The van der Waals surface area contributed by atoms with Crippen molar-refractivity contribution in [2.45, 2.75) is 6.92 Å². The van der Waals surface area contributed by atoms with Crippen LogP contribution in [0.4, 0.5) is 11.6 Å². The van der Waals surface area contributed by atoms with Gasteiger partial charge in [-0.2, -0.15) is 0 Å². The summed E-state index contributed by atoms with van der Waals surface area (Å²) in [5, 5.41) is 1.16. The van der Waals surface area contributed by atoms with Crippen LogP contribution in [0.25, 0.3) is 10.1 Å². The van der Waals surface area contributed by atoms with Gasteiger partial charge in [0.2, 0.25) is 5.75 Å². The first-order valence-electron chi connectivity index (χ1n) is 8.77. The molecule has 2 N–H and O–H groups in total. The third-order valence-electron chi connectivity index (χ3n) is 4.92. The summed E-state index contributed by atoms with van der Waals surface area (Å²) in [6, 6.07) is 8.15. The summed E-state index contributed by atoms with van der Waals surface area (Å²) in [7, 11) is 1.56. The standard InChI is InChI=1S/C19H21N5O2S/c1-12-13-5-3-4-6-14(13)27-16(12)19(25)24-9-7-23(8-10-24)18-15(26-2)17(20)21-11-22-18/h3-6,11H,7-10H2,1-2H3,(H2,20,21,22). The van der Waals surface area contributed by atoms with Crippen LogP contribution in [0.15, 0.2) is 30.6 Å². The number of nitrogens with zero attached hydrogens (tertiary/aromatic N) is 4. The molecule has 0 spiro atoms. The van der Waals surface area contributed by atoms with Crippen LogP contribution < -0.4 is 15.4 Å². The Labute approximate surface area is 161 Å². The molecule has 1 aromatic carbocycles. The number of rotatable bonds is 3. The summed E-state index contributed by atoms with van der Waals surface area (Å²) >= 11 is 1.57. The highest BCUT2D eigenvalue weighted by Gasteiger charge is 2.27. The van der Waals surface area contributed by atoms with Gasteiger partial charge in [-0.05, 0) is 23.9 Å². The van der Waals surface area contributed by atoms with E-state index in [1.54, 1.807) is 18.4 Å². The highest BCUT2D eigenvalue weighted by atomic mass is 32.1. The van der Waals surface area contributed by atoms with Gasteiger partial charge in [0.25, 0.3) is 5.91 Å². The first-order valence-corrected chi connectivity index (χ1v) is 9.58. The van der Waals surface area contributed by atoms with Crippen molar-refractivity contribution in [2.75, 3.05) is 43.9 Å². The number of hydrogen-bond donors (Lipinski definition) is 1. The van der Waals surface area contributed by atoms with Gasteiger partial charge >= 0.3 is 0 Å². The SMILES string of the molecule is COc1c(N)ncnc1N1CCN(C(=O)c2sc3ccccc3c2C)CC1. The Balaban J connectivity index is 1.51. The van der Waals surface area contributed by atoms with E-state index in [4.69, 9.17) is 10.5 Å². The Morgan fingerprint density at radius 3 is 2.63 bits per heavy atom. The van der Waals surface area contributed by atoms with E-state index in [1.807, 2.05) is 24.0 Å². The van der Waals surface area contributed by atoms with Crippen LogP contribution >= 0.6 is 11.3 Å². The molecule has 0 bridgehead atoms. The molecule has 1 amide bonds. The summed E-state index contributed by atoms with van der Waals surface area (Å²) in [6.07, 6.45) is 1.44. The van der Waals surface area contributed by atoms with Crippen molar-refractivity contribution in [3.05, 3.63) is 41.0 Å². The fraction of sp³-hybridized carbons (Fsp3) is 0.316. The molecule has 1 aliphatic heterocycles. The van der Waals surface area contributed by atoms with Crippen LogP contribution in [0.5, 0.6) is 5.75 Å². The Kier molecular flexibility index (Phi) is 4.57. The fourth-order valence-electron chi connectivity index (χ4n) is 3.44. The number of nitrogen functional groups attached to an aromatic ring is 1. The molecule has 3 heterocycles. The van der Waals surface area contributed by atoms with Crippen LogP contribution in [-0.2, 0) is 0 Å². The number of amides is 1. The number of ether oxygens (including phenoxy) is 1. The smallest absolute Gasteiger partial charge is 0.264 e. The maximum Gasteiger partial charge on any atom is 0.264 e. The zero-order valence-corrected chi connectivity index (χ0v) is 16.1. The number of aromatic nitrogens is 2. The van der Waals surface area contributed by atoms with Crippen molar-refractivity contribution in [1.82, 2.24) is 14.9 Å². The van der Waals surface area contributed by atoms with E-state index in [1.165, 1.54) is 6.33 Å². The number of nitrogens with two attached hydrogens (primary N) is 1. The second kappa shape index (κ2) is 7.03. The largest absolute Gasteiger partial charge is 0.490 e. The van der Waals surface area contributed by atoms with Crippen molar-refractivity contribution in [3.63, 3.8) is 0 Å². The predicted molar refractivity (Wildman–Crippen MR) is 108 cm³/mol. The average Bonchev–Trinajstić information content (AvgIpc) is 3.04. The lowest BCUT2D eigenvalue weighted by Crippen LogP contribution is -2.49. The number of anilines is 2. The highest BCUT2D eigenvalue weighted by molar-refractivity contribution is 7.21. The Morgan fingerprint density at radius 2 is 1.93 bits per heavy atom. The van der Waals surface area contributed by atoms with Crippen LogP contribution in [-0.4, -0.2) is 54.1 Å². The summed E-state index contributed by atoms with van der Waals surface area (Å²) in [5.41, 5.74) is 6.94. The molecule has 2 aromatic heterocycles. The maximum absolute atomic E-state index is 13.1. The molecule has 7 nitrogen and oxygen atoms in total. The molecule has 0 atom stereocenters. The van der Waals surface area contributed by atoms with Gasteiger partial charge < -0.3 is 20.3 Å². The monoisotopic (exact) mass is 383 g/mol. The van der Waals surface area contributed by atoms with Crippen molar-refractivity contribution >= 4 is 39.0 Å². The topological polar surface area (TPSA) is 84.6 Å². The maximum atomic E-state index is 13.1. The number of carbonyl (C=O) groups is 1. The lowest BCUT2D eigenvalue weighted by molar-refractivity contribution is 0.0750. The molecule has 27 heavy (non-hydrogen) atoms. The Hall–Kier alpha value is -2.87. The van der Waals surface area contributed by atoms with Gasteiger partial charge in [-0.1, -0.05) is 18.2 Å². The first kappa shape index (κ1) is 17.5. The minimum Gasteiger partial charge on any atom is -0.490 e. The first-order chi connectivity index (χ1) is 13.1. The fourth-order valence-corrected chi connectivity index (χ4v) is 4.62. The quantitative estimate of drug-likeness (QED) is 0.748. The molecule has 0 saturated carbocycles. The molecule has 1 saturated heterocycles. The molecule has 8 heteroatoms. The van der Waals surface area contributed by atoms with E-state index in [0.29, 0.717) is 43.6 Å². The number of fused-ring (bicyclic) bond motifs is 1. The van der Waals surface area contributed by atoms with E-state index in [0.717, 1.165) is 20.5 Å². The van der Waals surface area contributed by atoms with E-state index < -0.39 is 0 Å². The van der Waals surface area contributed by atoms with Crippen molar-refractivity contribution in [1.29, 1.82) is 0 Å². The van der Waals surface area contributed by atoms with Crippen molar-refractivity contribution in [2.24, 2.45) is 0 Å². The van der Waals surface area contributed by atoms with E-state index in [9.17, 15) is 4.79 Å².